The Hall–Kier alpha value is -0.980. The van der Waals surface area contributed by atoms with Gasteiger partial charge in [0.2, 0.25) is 6.29 Å². The maximum atomic E-state index is 10.5. The van der Waals surface area contributed by atoms with Gasteiger partial charge in [-0.1, -0.05) is 18.2 Å². The Bertz CT molecular complexity index is 369. The van der Waals surface area contributed by atoms with Gasteiger partial charge < -0.3 is 0 Å². The van der Waals surface area contributed by atoms with Crippen LogP contribution in [0.15, 0.2) is 23.8 Å². The van der Waals surface area contributed by atoms with E-state index < -0.39 is 16.3 Å². The lowest BCUT2D eigenvalue weighted by atomic mass is 10.0. The van der Waals surface area contributed by atoms with Crippen LogP contribution in [-0.4, -0.2) is 25.3 Å². The quantitative estimate of drug-likeness (QED) is 0.517. The zero-order chi connectivity index (χ0) is 10.6. The van der Waals surface area contributed by atoms with Crippen molar-refractivity contribution in [2.24, 2.45) is 0 Å². The van der Waals surface area contributed by atoms with Crippen molar-refractivity contribution >= 4 is 16.6 Å². The summed E-state index contributed by atoms with van der Waals surface area (Å²) in [7, 11) is -4.36. The highest BCUT2D eigenvalue weighted by atomic mass is 32.2. The van der Waals surface area contributed by atoms with E-state index >= 15 is 0 Å². The minimum absolute atomic E-state index is 0.489. The first kappa shape index (κ1) is 11.1. The summed E-state index contributed by atoms with van der Waals surface area (Å²) < 4.78 is 31.2. The molecule has 1 atom stereocenters. The van der Waals surface area contributed by atoms with Gasteiger partial charge in [0.25, 0.3) is 0 Å². The molecule has 0 bridgehead atoms. The third-order valence-electron chi connectivity index (χ3n) is 1.79. The van der Waals surface area contributed by atoms with Gasteiger partial charge in [-0.15, -0.1) is 0 Å². The highest BCUT2D eigenvalue weighted by Crippen LogP contribution is 2.14. The van der Waals surface area contributed by atoms with Gasteiger partial charge in [0.1, 0.15) is 6.04 Å². The molecule has 2 N–H and O–H groups in total. The molecule has 0 heterocycles. The van der Waals surface area contributed by atoms with E-state index in [2.05, 4.69) is 0 Å². The van der Waals surface area contributed by atoms with Crippen molar-refractivity contribution in [2.45, 2.75) is 18.9 Å². The van der Waals surface area contributed by atoms with Crippen LogP contribution in [0.5, 0.6) is 0 Å². The molecule has 0 aromatic heterocycles. The van der Waals surface area contributed by atoms with Crippen molar-refractivity contribution in [3.63, 3.8) is 0 Å². The van der Waals surface area contributed by atoms with Gasteiger partial charge in [0.05, 0.1) is 0 Å². The number of hydrogen-bond acceptors (Lipinski definition) is 3. The van der Waals surface area contributed by atoms with Crippen molar-refractivity contribution < 1.29 is 17.8 Å². The third-order valence-corrected chi connectivity index (χ3v) is 2.33. The van der Waals surface area contributed by atoms with E-state index in [4.69, 9.17) is 4.55 Å². The van der Waals surface area contributed by atoms with Gasteiger partial charge in [-0.25, -0.2) is 0 Å². The van der Waals surface area contributed by atoms with Crippen molar-refractivity contribution in [3.05, 3.63) is 23.8 Å². The Morgan fingerprint density at radius 2 is 2.21 bits per heavy atom. The van der Waals surface area contributed by atoms with Gasteiger partial charge in [0.15, 0.2) is 0 Å². The predicted molar refractivity (Wildman–Crippen MR) is 50.6 cm³/mol. The number of hydrogen-bond donors (Lipinski definition) is 2. The van der Waals surface area contributed by atoms with Crippen LogP contribution in [-0.2, 0) is 15.1 Å². The fourth-order valence-corrected chi connectivity index (χ4v) is 1.68. The lowest BCUT2D eigenvalue weighted by molar-refractivity contribution is 0.462. The molecule has 1 rings (SSSR count). The first-order valence-electron chi connectivity index (χ1n) is 3.99. The van der Waals surface area contributed by atoms with E-state index in [1.165, 1.54) is 6.29 Å². The minimum atomic E-state index is -4.36. The fourth-order valence-electron chi connectivity index (χ4n) is 1.18. The average molecular weight is 216 g/mol. The Labute approximate surface area is 82.4 Å². The smallest absolute Gasteiger partial charge is 0.289 e. The molecule has 14 heavy (non-hydrogen) atoms. The lowest BCUT2D eigenvalue weighted by Crippen LogP contribution is -2.37. The monoisotopic (exact) mass is 216 g/mol. The summed E-state index contributed by atoms with van der Waals surface area (Å²) in [6.45, 7) is 0. The molecular weight excluding hydrogens is 206 g/mol. The van der Waals surface area contributed by atoms with Crippen LogP contribution in [0.4, 0.5) is 0 Å². The molecular formula is C8H10NO4S. The molecule has 6 heteroatoms. The summed E-state index contributed by atoms with van der Waals surface area (Å²) in [6, 6.07) is -1.09. The van der Waals surface area contributed by atoms with Gasteiger partial charge in [-0.2, -0.15) is 13.1 Å². The largest absolute Gasteiger partial charge is 0.334 e. The lowest BCUT2D eigenvalue weighted by Gasteiger charge is -2.14. The van der Waals surface area contributed by atoms with Gasteiger partial charge >= 0.3 is 10.3 Å². The molecule has 0 aromatic rings. The summed E-state index contributed by atoms with van der Waals surface area (Å²) in [5.74, 6) is 0. The van der Waals surface area contributed by atoms with Crippen molar-refractivity contribution in [2.75, 3.05) is 0 Å². The molecule has 1 radical (unpaired) electrons. The molecule has 0 aromatic carbocycles. The number of nitrogens with one attached hydrogen (secondary N) is 1. The molecule has 0 fully saturated rings. The summed E-state index contributed by atoms with van der Waals surface area (Å²) in [5, 5.41) is 0. The van der Waals surface area contributed by atoms with E-state index in [9.17, 15) is 13.2 Å². The molecule has 77 valence electrons. The van der Waals surface area contributed by atoms with Gasteiger partial charge in [-0.05, 0) is 18.4 Å². The Kier molecular flexibility index (Phi) is 3.56. The second-order valence-corrected chi connectivity index (χ2v) is 4.02. The molecule has 1 aliphatic carbocycles. The molecule has 1 aliphatic rings. The number of allylic oxidation sites excluding steroid dienone is 3. The SMILES string of the molecule is O=[C]C(NS(=O)(=O)O)C1=CCC=CC1. The molecule has 0 saturated carbocycles. The van der Waals surface area contributed by atoms with E-state index in [0.717, 1.165) is 0 Å². The van der Waals surface area contributed by atoms with Crippen molar-refractivity contribution in [3.8, 4) is 0 Å². The second-order valence-electron chi connectivity index (χ2n) is 2.83. The van der Waals surface area contributed by atoms with Gasteiger partial charge in [-0.3, -0.25) is 9.35 Å². The fraction of sp³-hybridized carbons (Fsp3) is 0.375. The molecule has 0 aliphatic heterocycles. The van der Waals surface area contributed by atoms with Crippen LogP contribution in [0.25, 0.3) is 0 Å². The first-order valence-corrected chi connectivity index (χ1v) is 5.43. The molecule has 0 spiro atoms. The third kappa shape index (κ3) is 3.41. The minimum Gasteiger partial charge on any atom is -0.289 e. The van der Waals surface area contributed by atoms with E-state index in [1.807, 2.05) is 12.2 Å². The maximum absolute atomic E-state index is 10.5. The Morgan fingerprint density at radius 1 is 1.50 bits per heavy atom. The van der Waals surface area contributed by atoms with Crippen LogP contribution in [0.1, 0.15) is 12.8 Å². The van der Waals surface area contributed by atoms with Crippen LogP contribution in [0, 0.1) is 0 Å². The predicted octanol–water partition coefficient (Wildman–Crippen LogP) is 0.134. The molecule has 5 nitrogen and oxygen atoms in total. The van der Waals surface area contributed by atoms with E-state index in [-0.39, 0.29) is 0 Å². The molecule has 0 saturated heterocycles. The molecule has 1 unspecified atom stereocenters. The Balaban J connectivity index is 2.72. The summed E-state index contributed by atoms with van der Waals surface area (Å²) in [5.41, 5.74) is 0.597. The zero-order valence-electron chi connectivity index (χ0n) is 7.30. The van der Waals surface area contributed by atoms with E-state index in [1.54, 1.807) is 10.8 Å². The zero-order valence-corrected chi connectivity index (χ0v) is 8.12. The normalized spacial score (nSPS) is 18.8. The van der Waals surface area contributed by atoms with Crippen LogP contribution < -0.4 is 4.72 Å². The Morgan fingerprint density at radius 3 is 2.64 bits per heavy atom. The van der Waals surface area contributed by atoms with Crippen LogP contribution >= 0.6 is 0 Å². The van der Waals surface area contributed by atoms with E-state index in [0.29, 0.717) is 18.4 Å². The number of carbonyl (C=O) groups excluding carboxylic acids is 1. The van der Waals surface area contributed by atoms with Crippen LogP contribution in [0.3, 0.4) is 0 Å². The van der Waals surface area contributed by atoms with Crippen LogP contribution in [0.2, 0.25) is 0 Å². The average Bonchev–Trinajstić information content (AvgIpc) is 2.14. The second kappa shape index (κ2) is 4.50. The highest BCUT2D eigenvalue weighted by molar-refractivity contribution is 7.83. The first-order chi connectivity index (χ1) is 6.53. The topological polar surface area (TPSA) is 83.5 Å². The summed E-state index contributed by atoms with van der Waals surface area (Å²) in [4.78, 5) is 10.5. The highest BCUT2D eigenvalue weighted by Gasteiger charge is 2.19. The summed E-state index contributed by atoms with van der Waals surface area (Å²) >= 11 is 0. The maximum Gasteiger partial charge on any atom is 0.334 e. The van der Waals surface area contributed by atoms with Crippen molar-refractivity contribution in [1.82, 2.24) is 4.72 Å². The van der Waals surface area contributed by atoms with Gasteiger partial charge in [0, 0.05) is 0 Å². The molecule has 0 amide bonds. The number of rotatable bonds is 4. The standard InChI is InChI=1S/C8H10NO4S/c10-6-8(9-14(11,12)13)7-4-2-1-3-5-7/h1-2,5,8-9H,3-4H2,(H,11,12,13). The van der Waals surface area contributed by atoms with Crippen molar-refractivity contribution in [1.29, 1.82) is 0 Å². The summed E-state index contributed by atoms with van der Waals surface area (Å²) in [6.07, 6.45) is 8.12.